The number of nitrogens with zero attached hydrogens (tertiary/aromatic N) is 3. The molecule has 3 heterocycles. The highest BCUT2D eigenvalue weighted by molar-refractivity contribution is 7.66. The van der Waals surface area contributed by atoms with Gasteiger partial charge in [0.1, 0.15) is 29.8 Å². The second kappa shape index (κ2) is 11.6. The normalized spacial score (nSPS) is 24.3. The maximum absolute atomic E-state index is 13.2. The summed E-state index contributed by atoms with van der Waals surface area (Å²) in [5.74, 6) is 0.361. The lowest BCUT2D eigenvalue weighted by Crippen LogP contribution is -2.43. The fourth-order valence-electron chi connectivity index (χ4n) is 3.89. The minimum Gasteiger partial charge on any atom is -0.496 e. The topological polar surface area (TPSA) is 289 Å². The quantitative estimate of drug-likeness (QED) is 0.139. The molecule has 1 aliphatic heterocycles. The minimum absolute atomic E-state index is 0.163. The Morgan fingerprint density at radius 1 is 1.00 bits per heavy atom. The van der Waals surface area contributed by atoms with Crippen LogP contribution in [0.3, 0.4) is 0 Å². The zero-order valence-electron chi connectivity index (χ0n) is 20.5. The molecule has 1 aromatic carbocycles. The van der Waals surface area contributed by atoms with Crippen LogP contribution in [0.2, 0.25) is 0 Å². The Morgan fingerprint density at radius 2 is 1.71 bits per heavy atom. The number of ether oxygens (including phenoxy) is 2. The van der Waals surface area contributed by atoms with Gasteiger partial charge in [0.05, 0.1) is 25.6 Å². The van der Waals surface area contributed by atoms with Crippen LogP contribution in [0, 0.1) is 0 Å². The standard InChI is InChI=1S/C18H22N3O17P3/c1-33-10-3-2-4-11-14(10)9(19-36-11)7-21-13(22)5-6-20(18(21)25)17-16(24)15(23)12(35-17)8-34-40(29,30)38-41(31,32)37-39(26,27)28/h2-6,12,15-17,23-24H,7-8H2,1H3,(H,29,30)(H,31,32)(H2,26,27,28)/t12-,15+,16?,17-/m1/s1. The lowest BCUT2D eigenvalue weighted by molar-refractivity contribution is -0.0547. The van der Waals surface area contributed by atoms with Crippen LogP contribution in [0.25, 0.3) is 11.0 Å². The SMILES string of the molecule is COc1cccc2onc(Cn3c(=O)ccn([C@@H]4O[C@H](COP(=O)(O)OP(=O)(O)OP(=O)(O)O)[C@H](O)C4O)c3=O)c12. The van der Waals surface area contributed by atoms with Crippen molar-refractivity contribution in [2.45, 2.75) is 31.1 Å². The van der Waals surface area contributed by atoms with Gasteiger partial charge < -0.3 is 43.8 Å². The van der Waals surface area contributed by atoms with Crippen molar-refractivity contribution in [2.75, 3.05) is 13.7 Å². The molecule has 0 radical (unpaired) electrons. The zero-order valence-corrected chi connectivity index (χ0v) is 23.2. The van der Waals surface area contributed by atoms with E-state index in [1.165, 1.54) is 7.11 Å². The fourth-order valence-corrected chi connectivity index (χ4v) is 6.92. The molecule has 6 N–H and O–H groups in total. The van der Waals surface area contributed by atoms with E-state index in [9.17, 15) is 43.3 Å². The number of hydrogen-bond donors (Lipinski definition) is 6. The van der Waals surface area contributed by atoms with E-state index < -0.39 is 72.4 Å². The number of methoxy groups -OCH3 is 1. The van der Waals surface area contributed by atoms with Crippen LogP contribution in [0.4, 0.5) is 0 Å². The molecule has 1 aliphatic rings. The molecule has 0 amide bonds. The highest BCUT2D eigenvalue weighted by atomic mass is 31.3. The van der Waals surface area contributed by atoms with E-state index in [0.29, 0.717) is 16.7 Å². The summed E-state index contributed by atoms with van der Waals surface area (Å²) in [5, 5.41) is 25.1. The third kappa shape index (κ3) is 7.10. The molecule has 3 unspecified atom stereocenters. The molecular weight excluding hydrogens is 623 g/mol. The number of hydrogen-bond acceptors (Lipinski definition) is 14. The zero-order chi connectivity index (χ0) is 30.3. The number of rotatable bonds is 11. The lowest BCUT2D eigenvalue weighted by atomic mass is 10.1. The van der Waals surface area contributed by atoms with Crippen molar-refractivity contribution in [3.63, 3.8) is 0 Å². The van der Waals surface area contributed by atoms with Gasteiger partial charge in [0.2, 0.25) is 0 Å². The average molecular weight is 645 g/mol. The van der Waals surface area contributed by atoms with Gasteiger partial charge in [-0.05, 0) is 12.1 Å². The molecule has 0 aliphatic carbocycles. The molecule has 23 heteroatoms. The predicted octanol–water partition coefficient (Wildman–Crippen LogP) is -0.829. The number of aliphatic hydroxyl groups excluding tert-OH is 2. The largest absolute Gasteiger partial charge is 0.496 e. The van der Waals surface area contributed by atoms with Crippen LogP contribution in [-0.2, 0) is 38.1 Å². The van der Waals surface area contributed by atoms with E-state index in [1.54, 1.807) is 18.2 Å². The van der Waals surface area contributed by atoms with Crippen molar-refractivity contribution in [1.29, 1.82) is 0 Å². The van der Waals surface area contributed by atoms with Crippen LogP contribution in [0.15, 0.2) is 44.6 Å². The van der Waals surface area contributed by atoms with Crippen molar-refractivity contribution in [3.8, 4) is 5.75 Å². The molecule has 20 nitrogen and oxygen atoms in total. The summed E-state index contributed by atoms with van der Waals surface area (Å²) in [6.45, 7) is -1.50. The summed E-state index contributed by atoms with van der Waals surface area (Å²) < 4.78 is 63.1. The maximum Gasteiger partial charge on any atom is 0.490 e. The first-order valence-corrected chi connectivity index (χ1v) is 15.6. The van der Waals surface area contributed by atoms with Gasteiger partial charge in [-0.3, -0.25) is 18.5 Å². The van der Waals surface area contributed by atoms with Crippen molar-refractivity contribution >= 4 is 34.4 Å². The minimum atomic E-state index is -5.80. The molecule has 0 bridgehead atoms. The van der Waals surface area contributed by atoms with Gasteiger partial charge >= 0.3 is 29.2 Å². The molecule has 41 heavy (non-hydrogen) atoms. The molecule has 0 saturated carbocycles. The van der Waals surface area contributed by atoms with E-state index in [-0.39, 0.29) is 5.69 Å². The molecule has 0 spiro atoms. The Labute approximate surface area is 227 Å². The third-order valence-electron chi connectivity index (χ3n) is 5.58. The number of aromatic nitrogens is 3. The van der Waals surface area contributed by atoms with Crippen LogP contribution < -0.4 is 16.0 Å². The number of fused-ring (bicyclic) bond motifs is 1. The Bertz CT molecular complexity index is 1690. The van der Waals surface area contributed by atoms with Gasteiger partial charge in [-0.15, -0.1) is 0 Å². The molecule has 4 rings (SSSR count). The first kappa shape index (κ1) is 31.4. The maximum atomic E-state index is 13.2. The second-order valence-corrected chi connectivity index (χ2v) is 12.7. The van der Waals surface area contributed by atoms with E-state index in [4.69, 9.17) is 23.8 Å². The Balaban J connectivity index is 1.53. The molecule has 2 aromatic heterocycles. The van der Waals surface area contributed by atoms with E-state index >= 15 is 0 Å². The molecule has 1 saturated heterocycles. The number of benzene rings is 1. The van der Waals surface area contributed by atoms with Gasteiger partial charge in [-0.2, -0.15) is 8.62 Å². The number of aliphatic hydroxyl groups is 2. The number of phosphoric ester groups is 1. The molecule has 226 valence electrons. The van der Waals surface area contributed by atoms with Crippen molar-refractivity contribution in [2.24, 2.45) is 0 Å². The van der Waals surface area contributed by atoms with Crippen molar-refractivity contribution < 1.29 is 70.6 Å². The van der Waals surface area contributed by atoms with Gasteiger partial charge in [0.25, 0.3) is 5.56 Å². The number of phosphoric acid groups is 3. The predicted molar refractivity (Wildman–Crippen MR) is 130 cm³/mol. The Hall–Kier alpha value is -2.54. The summed E-state index contributed by atoms with van der Waals surface area (Å²) >= 11 is 0. The van der Waals surface area contributed by atoms with Crippen molar-refractivity contribution in [1.82, 2.24) is 14.3 Å². The van der Waals surface area contributed by atoms with E-state index in [0.717, 1.165) is 21.4 Å². The van der Waals surface area contributed by atoms with Crippen LogP contribution in [-0.4, -0.2) is 76.1 Å². The summed E-state index contributed by atoms with van der Waals surface area (Å²) in [7, 11) is -15.6. The molecule has 3 aromatic rings. The van der Waals surface area contributed by atoms with Gasteiger partial charge in [-0.25, -0.2) is 18.5 Å². The summed E-state index contributed by atoms with van der Waals surface area (Å²) in [6.07, 6.45) is -6.09. The van der Waals surface area contributed by atoms with Gasteiger partial charge in [0, 0.05) is 12.3 Å². The molecule has 1 fully saturated rings. The van der Waals surface area contributed by atoms with E-state index in [2.05, 4.69) is 18.3 Å². The van der Waals surface area contributed by atoms with E-state index in [1.807, 2.05) is 0 Å². The van der Waals surface area contributed by atoms with Crippen LogP contribution in [0.5, 0.6) is 5.75 Å². The van der Waals surface area contributed by atoms with Crippen molar-refractivity contribution in [3.05, 3.63) is 57.0 Å². The monoisotopic (exact) mass is 645 g/mol. The summed E-state index contributed by atoms with van der Waals surface area (Å²) in [5.41, 5.74) is -1.31. The smallest absolute Gasteiger partial charge is 0.490 e. The highest BCUT2D eigenvalue weighted by Gasteiger charge is 2.47. The van der Waals surface area contributed by atoms with Gasteiger partial charge in [-0.1, -0.05) is 11.2 Å². The average Bonchev–Trinajstić information content (AvgIpc) is 3.39. The second-order valence-electron chi connectivity index (χ2n) is 8.33. The summed E-state index contributed by atoms with van der Waals surface area (Å²) in [6, 6.07) is 5.81. The highest BCUT2D eigenvalue weighted by Crippen LogP contribution is 2.66. The first-order chi connectivity index (χ1) is 19.0. The van der Waals surface area contributed by atoms with Gasteiger partial charge in [0.15, 0.2) is 11.8 Å². The Morgan fingerprint density at radius 3 is 2.37 bits per heavy atom. The lowest BCUT2D eigenvalue weighted by Gasteiger charge is -2.19. The molecule has 6 atom stereocenters. The summed E-state index contributed by atoms with van der Waals surface area (Å²) in [4.78, 5) is 61.8. The fraction of sp³-hybridized carbons (Fsp3) is 0.389. The first-order valence-electron chi connectivity index (χ1n) is 11.0. The molecular formula is C18H22N3O17P3. The van der Waals surface area contributed by atoms with Crippen LogP contribution >= 0.6 is 23.5 Å². The third-order valence-corrected chi connectivity index (χ3v) is 9.39. The van der Waals surface area contributed by atoms with Crippen LogP contribution in [0.1, 0.15) is 11.9 Å². The Kier molecular flexibility index (Phi) is 8.90.